The molecule has 1 saturated carbocycles. The molecule has 0 spiro atoms. The van der Waals surface area contributed by atoms with Crippen LogP contribution in [0.4, 0.5) is 0 Å². The number of imidazole rings is 1. The van der Waals surface area contributed by atoms with E-state index < -0.39 is 0 Å². The molecule has 7 nitrogen and oxygen atoms in total. The van der Waals surface area contributed by atoms with Crippen molar-refractivity contribution in [1.29, 1.82) is 0 Å². The van der Waals surface area contributed by atoms with Crippen LogP contribution in [0.5, 0.6) is 11.6 Å². The molecule has 142 valence electrons. The molecule has 3 aliphatic rings. The normalized spacial score (nSPS) is 30.1. The number of phenols is 1. The van der Waals surface area contributed by atoms with Gasteiger partial charge in [-0.25, -0.2) is 4.98 Å². The van der Waals surface area contributed by atoms with Crippen LogP contribution in [0.1, 0.15) is 19.3 Å². The molecular weight excluding hydrogens is 354 g/mol. The predicted octanol–water partition coefficient (Wildman–Crippen LogP) is 2.55. The Morgan fingerprint density at radius 2 is 1.89 bits per heavy atom. The second kappa shape index (κ2) is 6.04. The van der Waals surface area contributed by atoms with E-state index in [1.54, 1.807) is 18.6 Å². The van der Waals surface area contributed by atoms with E-state index in [9.17, 15) is 5.11 Å². The molecule has 4 heterocycles. The van der Waals surface area contributed by atoms with E-state index in [-0.39, 0.29) is 11.9 Å². The van der Waals surface area contributed by atoms with Crippen LogP contribution >= 0.6 is 0 Å². The first-order valence-electron chi connectivity index (χ1n) is 9.83. The number of hydrogen-bond acceptors (Lipinski definition) is 6. The summed E-state index contributed by atoms with van der Waals surface area (Å²) in [6.07, 6.45) is 8.94. The number of aromatic nitrogens is 4. The van der Waals surface area contributed by atoms with Gasteiger partial charge in [0.05, 0.1) is 17.7 Å². The molecule has 2 unspecified atom stereocenters. The van der Waals surface area contributed by atoms with Crippen LogP contribution in [0.25, 0.3) is 16.9 Å². The van der Waals surface area contributed by atoms with E-state index in [1.165, 1.54) is 6.42 Å². The third-order valence-electron chi connectivity index (χ3n) is 6.37. The molecule has 28 heavy (non-hydrogen) atoms. The summed E-state index contributed by atoms with van der Waals surface area (Å²) in [6.45, 7) is 0. The SMILES string of the molecule is Oc1cc(-n2ccnc2)ccc1-c1ccc(O[C@H]2CC3NC(C2)[C@@H]2C[C@H]32)nn1. The highest BCUT2D eigenvalue weighted by Crippen LogP contribution is 2.53. The van der Waals surface area contributed by atoms with Crippen LogP contribution in [0.15, 0.2) is 49.1 Å². The van der Waals surface area contributed by atoms with Gasteiger partial charge in [-0.1, -0.05) is 0 Å². The first-order chi connectivity index (χ1) is 13.7. The zero-order chi connectivity index (χ0) is 18.7. The van der Waals surface area contributed by atoms with Gasteiger partial charge in [0.1, 0.15) is 11.9 Å². The summed E-state index contributed by atoms with van der Waals surface area (Å²) >= 11 is 0. The molecule has 3 aromatic rings. The average Bonchev–Trinajstić information content (AvgIpc) is 3.24. The van der Waals surface area contributed by atoms with Gasteiger partial charge in [-0.05, 0) is 36.5 Å². The van der Waals surface area contributed by atoms with Gasteiger partial charge in [-0.15, -0.1) is 10.2 Å². The molecule has 5 atom stereocenters. The van der Waals surface area contributed by atoms with Crippen molar-refractivity contribution in [2.24, 2.45) is 11.8 Å². The van der Waals surface area contributed by atoms with E-state index in [1.807, 2.05) is 35.0 Å². The quantitative estimate of drug-likeness (QED) is 0.729. The van der Waals surface area contributed by atoms with Crippen LogP contribution < -0.4 is 10.1 Å². The molecule has 2 bridgehead atoms. The number of benzene rings is 1. The molecule has 1 aromatic carbocycles. The first kappa shape index (κ1) is 16.1. The number of rotatable bonds is 4. The van der Waals surface area contributed by atoms with E-state index in [4.69, 9.17) is 4.74 Å². The number of fused-ring (bicyclic) bond motifs is 5. The highest BCUT2D eigenvalue weighted by atomic mass is 16.5. The molecule has 6 rings (SSSR count). The number of nitrogens with zero attached hydrogens (tertiary/aromatic N) is 4. The Hall–Kier alpha value is -2.93. The van der Waals surface area contributed by atoms with Crippen molar-refractivity contribution in [3.05, 3.63) is 49.1 Å². The molecule has 2 N–H and O–H groups in total. The van der Waals surface area contributed by atoms with Crippen molar-refractivity contribution >= 4 is 0 Å². The van der Waals surface area contributed by atoms with Crippen molar-refractivity contribution in [2.75, 3.05) is 0 Å². The summed E-state index contributed by atoms with van der Waals surface area (Å²) in [5.41, 5.74) is 2.10. The van der Waals surface area contributed by atoms with Crippen molar-refractivity contribution < 1.29 is 9.84 Å². The predicted molar refractivity (Wildman–Crippen MR) is 102 cm³/mol. The third-order valence-corrected chi connectivity index (χ3v) is 6.37. The second-order valence-corrected chi connectivity index (χ2v) is 8.08. The average molecular weight is 375 g/mol. The number of phenolic OH excluding ortho intramolecular Hbond substituents is 1. The maximum atomic E-state index is 10.4. The largest absolute Gasteiger partial charge is 0.507 e. The second-order valence-electron chi connectivity index (χ2n) is 8.08. The standard InChI is InChI=1S/C21H21N5O2/c27-20-7-12(26-6-5-22-11-26)1-2-14(20)17-3-4-21(25-24-17)28-13-8-18-15-10-16(15)19(9-13)23-18/h1-7,11,13,15-16,18-19,23,27H,8-10H2/t13-,15-,16+,18?,19?. The smallest absolute Gasteiger partial charge is 0.233 e. The maximum Gasteiger partial charge on any atom is 0.233 e. The van der Waals surface area contributed by atoms with Crippen molar-refractivity contribution in [2.45, 2.75) is 37.5 Å². The molecule has 3 fully saturated rings. The van der Waals surface area contributed by atoms with Gasteiger partial charge in [0.25, 0.3) is 0 Å². The summed E-state index contributed by atoms with van der Waals surface area (Å²) in [5, 5.41) is 22.7. The van der Waals surface area contributed by atoms with Crippen molar-refractivity contribution in [1.82, 2.24) is 25.1 Å². The summed E-state index contributed by atoms with van der Waals surface area (Å²) in [5.74, 6) is 2.46. The highest BCUT2D eigenvalue weighted by molar-refractivity contribution is 5.68. The Morgan fingerprint density at radius 1 is 1.04 bits per heavy atom. The zero-order valence-electron chi connectivity index (χ0n) is 15.3. The topological polar surface area (TPSA) is 85.1 Å². The molecule has 0 amide bonds. The van der Waals surface area contributed by atoms with E-state index >= 15 is 0 Å². The van der Waals surface area contributed by atoms with E-state index in [0.717, 1.165) is 30.4 Å². The molecular formula is C21H21N5O2. The summed E-state index contributed by atoms with van der Waals surface area (Å²) in [7, 11) is 0. The zero-order valence-corrected chi connectivity index (χ0v) is 15.3. The number of piperidine rings is 2. The number of hydrogen-bond donors (Lipinski definition) is 2. The van der Waals surface area contributed by atoms with Gasteiger partial charge in [0, 0.05) is 55.0 Å². The van der Waals surface area contributed by atoms with E-state index in [0.29, 0.717) is 29.2 Å². The molecule has 0 radical (unpaired) electrons. The Morgan fingerprint density at radius 3 is 2.57 bits per heavy atom. The minimum Gasteiger partial charge on any atom is -0.507 e. The van der Waals surface area contributed by atoms with Gasteiger partial charge in [-0.3, -0.25) is 0 Å². The fourth-order valence-electron chi connectivity index (χ4n) is 4.93. The Labute approximate surface area is 162 Å². The summed E-state index contributed by atoms with van der Waals surface area (Å²) < 4.78 is 7.94. The van der Waals surface area contributed by atoms with Crippen LogP contribution in [-0.4, -0.2) is 43.0 Å². The lowest BCUT2D eigenvalue weighted by Crippen LogP contribution is -2.45. The monoisotopic (exact) mass is 375 g/mol. The summed E-state index contributed by atoms with van der Waals surface area (Å²) in [4.78, 5) is 4.03. The van der Waals surface area contributed by atoms with Crippen molar-refractivity contribution in [3.8, 4) is 28.6 Å². The molecule has 2 saturated heterocycles. The fraction of sp³-hybridized carbons (Fsp3) is 0.381. The minimum absolute atomic E-state index is 0.156. The van der Waals surface area contributed by atoms with Crippen LogP contribution in [0.2, 0.25) is 0 Å². The molecule has 1 aliphatic carbocycles. The third kappa shape index (κ3) is 2.65. The minimum atomic E-state index is 0.156. The molecule has 7 heteroatoms. The van der Waals surface area contributed by atoms with E-state index in [2.05, 4.69) is 20.5 Å². The number of aromatic hydroxyl groups is 1. The number of ether oxygens (including phenoxy) is 1. The van der Waals surface area contributed by atoms with Crippen LogP contribution in [0.3, 0.4) is 0 Å². The Kier molecular flexibility index (Phi) is 3.46. The van der Waals surface area contributed by atoms with Crippen LogP contribution in [-0.2, 0) is 0 Å². The van der Waals surface area contributed by atoms with Crippen LogP contribution in [0, 0.1) is 11.8 Å². The van der Waals surface area contributed by atoms with Gasteiger partial charge in [0.15, 0.2) is 0 Å². The van der Waals surface area contributed by atoms with Gasteiger partial charge in [0.2, 0.25) is 5.88 Å². The number of nitrogens with one attached hydrogen (secondary N) is 1. The lowest BCUT2D eigenvalue weighted by molar-refractivity contribution is 0.119. The summed E-state index contributed by atoms with van der Waals surface area (Å²) in [6, 6.07) is 10.4. The fourth-order valence-corrected chi connectivity index (χ4v) is 4.93. The van der Waals surface area contributed by atoms with Gasteiger partial charge >= 0.3 is 0 Å². The van der Waals surface area contributed by atoms with Gasteiger partial charge < -0.3 is 19.7 Å². The maximum absolute atomic E-state index is 10.4. The lowest BCUT2D eigenvalue weighted by Gasteiger charge is -2.31. The Balaban J connectivity index is 1.18. The lowest BCUT2D eigenvalue weighted by atomic mass is 9.98. The highest BCUT2D eigenvalue weighted by Gasteiger charge is 2.57. The Bertz CT molecular complexity index is 988. The molecule has 2 aliphatic heterocycles. The first-order valence-corrected chi connectivity index (χ1v) is 9.83. The van der Waals surface area contributed by atoms with Crippen molar-refractivity contribution in [3.63, 3.8) is 0 Å². The molecule has 2 aromatic heterocycles. The van der Waals surface area contributed by atoms with Gasteiger partial charge in [-0.2, -0.15) is 0 Å².